The molecule has 0 saturated heterocycles. The van der Waals surface area contributed by atoms with Gasteiger partial charge in [0.05, 0.1) is 16.8 Å². The Morgan fingerprint density at radius 3 is 2.38 bits per heavy atom. The minimum Gasteiger partial charge on any atom is -0.311 e. The van der Waals surface area contributed by atoms with E-state index in [9.17, 15) is 22.8 Å². The number of rotatable bonds is 5. The molecule has 3 rings (SSSR count). The van der Waals surface area contributed by atoms with E-state index in [0.29, 0.717) is 0 Å². The Hall–Kier alpha value is -3.01. The van der Waals surface area contributed by atoms with Crippen LogP contribution in [0, 0.1) is 6.92 Å². The number of hydrogen-bond acceptors (Lipinski definition) is 4. The van der Waals surface area contributed by atoms with Crippen molar-refractivity contribution in [3.8, 4) is 0 Å². The normalized spacial score (nSPS) is 11.4. The molecule has 10 heteroatoms. The zero-order chi connectivity index (χ0) is 21.0. The molecule has 152 valence electrons. The number of alkyl halides is 3. The Balaban J connectivity index is 1.59. The number of amides is 2. The number of para-hydroxylation sites is 2. The monoisotopic (exact) mass is 422 g/mol. The number of halogens is 3. The molecule has 29 heavy (non-hydrogen) atoms. The maximum Gasteiger partial charge on any atom is 0.449 e. The van der Waals surface area contributed by atoms with E-state index in [4.69, 9.17) is 0 Å². The number of thioether (sulfide) groups is 1. The van der Waals surface area contributed by atoms with Gasteiger partial charge in [0.25, 0.3) is 5.91 Å². The molecular weight excluding hydrogens is 405 g/mol. The van der Waals surface area contributed by atoms with Crippen LogP contribution in [-0.2, 0) is 22.3 Å². The zero-order valence-electron chi connectivity index (χ0n) is 15.3. The maximum absolute atomic E-state index is 13.3. The van der Waals surface area contributed by atoms with Crippen LogP contribution in [0.15, 0.2) is 53.4 Å². The largest absolute Gasteiger partial charge is 0.449 e. The van der Waals surface area contributed by atoms with Gasteiger partial charge in [-0.1, -0.05) is 29.8 Å². The topological polar surface area (TPSA) is 76.0 Å². The zero-order valence-corrected chi connectivity index (χ0v) is 16.1. The average Bonchev–Trinajstić information content (AvgIpc) is 3.05. The van der Waals surface area contributed by atoms with E-state index in [-0.39, 0.29) is 16.8 Å². The van der Waals surface area contributed by atoms with Crippen LogP contribution < -0.4 is 10.9 Å². The molecule has 0 aliphatic rings. The lowest BCUT2D eigenvalue weighted by atomic mass is 10.2. The van der Waals surface area contributed by atoms with E-state index in [2.05, 4.69) is 15.8 Å². The molecule has 3 aromatic rings. The number of aromatic nitrogens is 2. The van der Waals surface area contributed by atoms with Crippen LogP contribution in [0.4, 0.5) is 13.2 Å². The number of nitrogens with zero attached hydrogens (tertiary/aromatic N) is 2. The Kier molecular flexibility index (Phi) is 6.12. The summed E-state index contributed by atoms with van der Waals surface area (Å²) in [4.78, 5) is 28.4. The molecule has 1 heterocycles. The van der Waals surface area contributed by atoms with Crippen molar-refractivity contribution in [3.63, 3.8) is 0 Å². The Labute approximate surface area is 168 Å². The van der Waals surface area contributed by atoms with Crippen LogP contribution >= 0.6 is 11.8 Å². The van der Waals surface area contributed by atoms with Gasteiger partial charge in [-0.2, -0.15) is 13.2 Å². The van der Waals surface area contributed by atoms with E-state index < -0.39 is 30.4 Å². The minimum atomic E-state index is -4.72. The van der Waals surface area contributed by atoms with E-state index in [1.807, 2.05) is 31.2 Å². The van der Waals surface area contributed by atoms with Crippen molar-refractivity contribution in [1.29, 1.82) is 0 Å². The van der Waals surface area contributed by atoms with Crippen LogP contribution in [0.3, 0.4) is 0 Å². The molecule has 0 aliphatic heterocycles. The van der Waals surface area contributed by atoms with Crippen LogP contribution in [0.2, 0.25) is 0 Å². The van der Waals surface area contributed by atoms with Crippen LogP contribution in [0.1, 0.15) is 11.4 Å². The molecule has 0 spiro atoms. The number of hydrogen-bond donors (Lipinski definition) is 2. The van der Waals surface area contributed by atoms with Gasteiger partial charge in [0.15, 0.2) is 0 Å². The first-order valence-corrected chi connectivity index (χ1v) is 9.52. The number of carbonyl (C=O) groups excluding carboxylic acids is 2. The fourth-order valence-corrected chi connectivity index (χ4v) is 3.29. The predicted octanol–water partition coefficient (Wildman–Crippen LogP) is 3.30. The second-order valence-corrected chi connectivity index (χ2v) is 7.25. The van der Waals surface area contributed by atoms with E-state index in [1.54, 1.807) is 12.1 Å². The number of aryl methyl sites for hydroxylation is 1. The first kappa shape index (κ1) is 20.7. The lowest BCUT2D eigenvalue weighted by Crippen LogP contribution is -2.44. The first-order chi connectivity index (χ1) is 13.7. The highest BCUT2D eigenvalue weighted by molar-refractivity contribution is 8.00. The van der Waals surface area contributed by atoms with Gasteiger partial charge in [-0.05, 0) is 31.2 Å². The standard InChI is InChI=1S/C19H17F3N4O2S/c1-12-6-8-13(9-7-12)29-11-17(28)25-24-16(27)10-26-15-5-3-2-4-14(15)23-18(26)19(20,21)22/h2-9H,10-11H2,1H3,(H,24,27)(H,25,28). The third-order valence-corrected chi connectivity index (χ3v) is 4.95. The van der Waals surface area contributed by atoms with Crippen LogP contribution in [0.25, 0.3) is 11.0 Å². The van der Waals surface area contributed by atoms with Gasteiger partial charge in [-0.15, -0.1) is 11.8 Å². The average molecular weight is 422 g/mol. The first-order valence-electron chi connectivity index (χ1n) is 8.53. The van der Waals surface area contributed by atoms with Gasteiger partial charge in [0.2, 0.25) is 11.7 Å². The Morgan fingerprint density at radius 1 is 1.03 bits per heavy atom. The quantitative estimate of drug-likeness (QED) is 0.489. The second kappa shape index (κ2) is 8.56. The van der Waals surface area contributed by atoms with Crippen molar-refractivity contribution in [2.45, 2.75) is 24.5 Å². The van der Waals surface area contributed by atoms with Crippen molar-refractivity contribution in [2.75, 3.05) is 5.75 Å². The Morgan fingerprint density at radius 2 is 1.69 bits per heavy atom. The van der Waals surface area contributed by atoms with E-state index in [0.717, 1.165) is 15.0 Å². The maximum atomic E-state index is 13.3. The molecular formula is C19H17F3N4O2S. The number of fused-ring (bicyclic) bond motifs is 1. The molecule has 0 atom stereocenters. The SMILES string of the molecule is Cc1ccc(SCC(=O)NNC(=O)Cn2c(C(F)(F)F)nc3ccccc32)cc1. The van der Waals surface area contributed by atoms with E-state index >= 15 is 0 Å². The molecule has 6 nitrogen and oxygen atoms in total. The summed E-state index contributed by atoms with van der Waals surface area (Å²) in [5.74, 6) is -2.40. The number of nitrogens with one attached hydrogen (secondary N) is 2. The summed E-state index contributed by atoms with van der Waals surface area (Å²) < 4.78 is 40.5. The second-order valence-electron chi connectivity index (χ2n) is 6.21. The number of benzene rings is 2. The molecule has 2 aromatic carbocycles. The van der Waals surface area contributed by atoms with Crippen LogP contribution in [-0.4, -0.2) is 27.1 Å². The third-order valence-electron chi connectivity index (χ3n) is 3.94. The molecule has 0 unspecified atom stereocenters. The van der Waals surface area contributed by atoms with E-state index in [1.165, 1.54) is 23.9 Å². The minimum absolute atomic E-state index is 0.0468. The molecule has 0 fully saturated rings. The van der Waals surface area contributed by atoms with Gasteiger partial charge in [-0.25, -0.2) is 4.98 Å². The summed E-state index contributed by atoms with van der Waals surface area (Å²) in [6.07, 6.45) is -4.72. The van der Waals surface area contributed by atoms with Crippen LogP contribution in [0.5, 0.6) is 0 Å². The fraction of sp³-hybridized carbons (Fsp3) is 0.211. The summed E-state index contributed by atoms with van der Waals surface area (Å²) in [6, 6.07) is 13.6. The lowest BCUT2D eigenvalue weighted by molar-refractivity contribution is -0.147. The highest BCUT2D eigenvalue weighted by Crippen LogP contribution is 2.31. The summed E-state index contributed by atoms with van der Waals surface area (Å²) in [6.45, 7) is 1.31. The van der Waals surface area contributed by atoms with Gasteiger partial charge in [-0.3, -0.25) is 20.4 Å². The van der Waals surface area contributed by atoms with Crippen molar-refractivity contribution >= 4 is 34.6 Å². The molecule has 2 N–H and O–H groups in total. The summed E-state index contributed by atoms with van der Waals surface area (Å²) in [5.41, 5.74) is 5.75. The molecule has 0 saturated carbocycles. The van der Waals surface area contributed by atoms with Gasteiger partial charge < -0.3 is 4.57 Å². The summed E-state index contributed by atoms with van der Waals surface area (Å²) in [5, 5.41) is 0. The van der Waals surface area contributed by atoms with Crippen molar-refractivity contribution in [3.05, 3.63) is 59.9 Å². The summed E-state index contributed by atoms with van der Waals surface area (Å²) in [7, 11) is 0. The molecule has 0 radical (unpaired) electrons. The molecule has 1 aromatic heterocycles. The number of imidazole rings is 1. The highest BCUT2D eigenvalue weighted by Gasteiger charge is 2.38. The molecule has 2 amide bonds. The number of carbonyl (C=O) groups is 2. The fourth-order valence-electron chi connectivity index (χ4n) is 2.59. The predicted molar refractivity (Wildman–Crippen MR) is 103 cm³/mol. The van der Waals surface area contributed by atoms with Gasteiger partial charge in [0, 0.05) is 4.90 Å². The molecule has 0 bridgehead atoms. The Bertz CT molecular complexity index is 1030. The van der Waals surface area contributed by atoms with Crippen molar-refractivity contribution < 1.29 is 22.8 Å². The summed E-state index contributed by atoms with van der Waals surface area (Å²) >= 11 is 1.27. The molecule has 0 aliphatic carbocycles. The highest BCUT2D eigenvalue weighted by atomic mass is 32.2. The van der Waals surface area contributed by atoms with Gasteiger partial charge >= 0.3 is 6.18 Å². The third kappa shape index (κ3) is 5.29. The van der Waals surface area contributed by atoms with Crippen molar-refractivity contribution in [2.24, 2.45) is 0 Å². The van der Waals surface area contributed by atoms with Gasteiger partial charge in [0.1, 0.15) is 6.54 Å². The smallest absolute Gasteiger partial charge is 0.311 e. The number of hydrazine groups is 1. The lowest BCUT2D eigenvalue weighted by Gasteiger charge is -2.12. The van der Waals surface area contributed by atoms with Crippen molar-refractivity contribution in [1.82, 2.24) is 20.4 Å².